The Labute approximate surface area is 80.4 Å². The zero-order valence-corrected chi connectivity index (χ0v) is 7.97. The summed E-state index contributed by atoms with van der Waals surface area (Å²) in [4.78, 5) is 11.2. The minimum absolute atomic E-state index is 0.136. The van der Waals surface area contributed by atoms with Crippen LogP contribution in [0, 0.1) is 0 Å². The molecule has 0 unspecified atom stereocenters. The molecule has 0 radical (unpaired) electrons. The molecule has 1 rings (SSSR count). The Bertz CT molecular complexity index is 323. The van der Waals surface area contributed by atoms with E-state index in [-0.39, 0.29) is 11.3 Å². The van der Waals surface area contributed by atoms with Gasteiger partial charge < -0.3 is 10.2 Å². The number of carbonyl (C=O) groups is 1. The van der Waals surface area contributed by atoms with Crippen LogP contribution in [0.4, 0.5) is 0 Å². The second kappa shape index (κ2) is 4.18. The predicted molar refractivity (Wildman–Crippen MR) is 51.5 cm³/mol. The van der Waals surface area contributed by atoms with Crippen molar-refractivity contribution >= 4 is 17.7 Å². The topological polar surface area (TPSA) is 57.5 Å². The lowest BCUT2D eigenvalue weighted by Gasteiger charge is -2.03. The van der Waals surface area contributed by atoms with E-state index in [1.165, 1.54) is 30.0 Å². The van der Waals surface area contributed by atoms with E-state index in [0.29, 0.717) is 4.90 Å². The van der Waals surface area contributed by atoms with Crippen LogP contribution in [0.1, 0.15) is 17.3 Å². The van der Waals surface area contributed by atoms with Crippen LogP contribution >= 0.6 is 11.8 Å². The van der Waals surface area contributed by atoms with E-state index in [9.17, 15) is 9.90 Å². The van der Waals surface area contributed by atoms with E-state index < -0.39 is 5.97 Å². The van der Waals surface area contributed by atoms with Gasteiger partial charge in [0.1, 0.15) is 5.75 Å². The van der Waals surface area contributed by atoms with Crippen molar-refractivity contribution in [2.75, 3.05) is 5.75 Å². The van der Waals surface area contributed by atoms with E-state index in [1.54, 1.807) is 0 Å². The Kier molecular flexibility index (Phi) is 3.19. The highest BCUT2D eigenvalue weighted by Gasteiger charge is 2.06. The number of benzene rings is 1. The molecule has 0 fully saturated rings. The molecule has 0 spiro atoms. The summed E-state index contributed by atoms with van der Waals surface area (Å²) >= 11 is 1.42. The number of hydrogen-bond acceptors (Lipinski definition) is 3. The van der Waals surface area contributed by atoms with E-state index in [0.717, 1.165) is 5.75 Å². The molecule has 0 saturated heterocycles. The van der Waals surface area contributed by atoms with Gasteiger partial charge in [-0.05, 0) is 24.0 Å². The molecule has 0 aliphatic carbocycles. The first-order valence-electron chi connectivity index (χ1n) is 3.84. The van der Waals surface area contributed by atoms with Gasteiger partial charge in [0, 0.05) is 4.90 Å². The highest BCUT2D eigenvalue weighted by atomic mass is 32.2. The molecule has 1 aromatic carbocycles. The molecule has 0 heterocycles. The maximum Gasteiger partial charge on any atom is 0.335 e. The van der Waals surface area contributed by atoms with Crippen molar-refractivity contribution < 1.29 is 15.0 Å². The summed E-state index contributed by atoms with van der Waals surface area (Å²) in [5.74, 6) is -0.0359. The molecule has 0 aliphatic rings. The van der Waals surface area contributed by atoms with Gasteiger partial charge in [-0.3, -0.25) is 0 Å². The van der Waals surface area contributed by atoms with E-state index in [1.807, 2.05) is 6.92 Å². The molecule has 1 aromatic rings. The van der Waals surface area contributed by atoms with Gasteiger partial charge >= 0.3 is 5.97 Å². The molecule has 13 heavy (non-hydrogen) atoms. The Morgan fingerprint density at radius 2 is 2.23 bits per heavy atom. The van der Waals surface area contributed by atoms with Crippen LogP contribution in [-0.4, -0.2) is 21.9 Å². The third-order valence-corrected chi connectivity index (χ3v) is 2.43. The molecule has 0 bridgehead atoms. The highest BCUT2D eigenvalue weighted by molar-refractivity contribution is 7.99. The summed E-state index contributed by atoms with van der Waals surface area (Å²) in [6.07, 6.45) is 0. The molecule has 0 saturated carbocycles. The van der Waals surface area contributed by atoms with Gasteiger partial charge in [-0.1, -0.05) is 6.92 Å². The molecule has 3 nitrogen and oxygen atoms in total. The van der Waals surface area contributed by atoms with Gasteiger partial charge in [0.05, 0.1) is 5.56 Å². The molecule has 0 atom stereocenters. The smallest absolute Gasteiger partial charge is 0.335 e. The summed E-state index contributed by atoms with van der Waals surface area (Å²) in [6.45, 7) is 1.94. The standard InChI is InChI=1S/C9H10O3S/c1-2-13-8-5-6(9(11)12)3-4-7(8)10/h3-5,10H,2H2,1H3,(H,11,12). The van der Waals surface area contributed by atoms with Crippen LogP contribution in [0.25, 0.3) is 0 Å². The quantitative estimate of drug-likeness (QED) is 0.731. The first-order valence-corrected chi connectivity index (χ1v) is 4.82. The molecule has 0 aromatic heterocycles. The first-order chi connectivity index (χ1) is 6.15. The van der Waals surface area contributed by atoms with Crippen molar-refractivity contribution in [3.05, 3.63) is 23.8 Å². The maximum atomic E-state index is 10.6. The molecule has 4 heteroatoms. The van der Waals surface area contributed by atoms with Crippen molar-refractivity contribution in [3.8, 4) is 5.75 Å². The lowest BCUT2D eigenvalue weighted by molar-refractivity contribution is 0.0696. The normalized spacial score (nSPS) is 9.92. The van der Waals surface area contributed by atoms with Crippen molar-refractivity contribution in [1.29, 1.82) is 0 Å². The molecule has 70 valence electrons. The van der Waals surface area contributed by atoms with Crippen LogP contribution in [0.2, 0.25) is 0 Å². The first kappa shape index (κ1) is 9.92. The molecule has 0 amide bonds. The van der Waals surface area contributed by atoms with Crippen LogP contribution in [0.3, 0.4) is 0 Å². The lowest BCUT2D eigenvalue weighted by Crippen LogP contribution is -1.95. The van der Waals surface area contributed by atoms with Crippen LogP contribution < -0.4 is 0 Å². The van der Waals surface area contributed by atoms with Gasteiger partial charge in [-0.25, -0.2) is 4.79 Å². The number of phenolic OH excluding ortho intramolecular Hbond substituents is 1. The zero-order valence-electron chi connectivity index (χ0n) is 7.15. The Hall–Kier alpha value is -1.16. The number of aromatic hydroxyl groups is 1. The van der Waals surface area contributed by atoms with Gasteiger partial charge in [0.2, 0.25) is 0 Å². The number of thioether (sulfide) groups is 1. The molecule has 2 N–H and O–H groups in total. The van der Waals surface area contributed by atoms with Gasteiger partial charge in [-0.15, -0.1) is 11.8 Å². The predicted octanol–water partition coefficient (Wildman–Crippen LogP) is 2.20. The number of hydrogen-bond donors (Lipinski definition) is 2. The Morgan fingerprint density at radius 1 is 1.54 bits per heavy atom. The fraction of sp³-hybridized carbons (Fsp3) is 0.222. The SMILES string of the molecule is CCSc1cc(C(=O)O)ccc1O. The van der Waals surface area contributed by atoms with Gasteiger partial charge in [-0.2, -0.15) is 0 Å². The number of phenols is 1. The number of carboxylic acids is 1. The summed E-state index contributed by atoms with van der Waals surface area (Å²) in [6, 6.07) is 4.27. The van der Waals surface area contributed by atoms with Crippen LogP contribution in [-0.2, 0) is 0 Å². The molecular formula is C9H10O3S. The summed E-state index contributed by atoms with van der Waals surface area (Å²) < 4.78 is 0. The van der Waals surface area contributed by atoms with Crippen LogP contribution in [0.15, 0.2) is 23.1 Å². The van der Waals surface area contributed by atoms with Gasteiger partial charge in [0.25, 0.3) is 0 Å². The second-order valence-electron chi connectivity index (χ2n) is 2.42. The number of aromatic carboxylic acids is 1. The van der Waals surface area contributed by atoms with Crippen molar-refractivity contribution in [2.24, 2.45) is 0 Å². The summed E-state index contributed by atoms with van der Waals surface area (Å²) in [5, 5.41) is 18.0. The largest absolute Gasteiger partial charge is 0.507 e. The highest BCUT2D eigenvalue weighted by Crippen LogP contribution is 2.28. The fourth-order valence-corrected chi connectivity index (χ4v) is 1.66. The Morgan fingerprint density at radius 3 is 2.77 bits per heavy atom. The minimum Gasteiger partial charge on any atom is -0.507 e. The van der Waals surface area contributed by atoms with Crippen molar-refractivity contribution in [3.63, 3.8) is 0 Å². The monoisotopic (exact) mass is 198 g/mol. The third kappa shape index (κ3) is 2.39. The summed E-state index contributed by atoms with van der Waals surface area (Å²) in [5.41, 5.74) is 0.203. The van der Waals surface area contributed by atoms with E-state index >= 15 is 0 Å². The summed E-state index contributed by atoms with van der Waals surface area (Å²) in [7, 11) is 0. The number of carboxylic acid groups (broad SMARTS) is 1. The fourth-order valence-electron chi connectivity index (χ4n) is 0.918. The van der Waals surface area contributed by atoms with Crippen LogP contribution in [0.5, 0.6) is 5.75 Å². The Balaban J connectivity index is 3.03. The maximum absolute atomic E-state index is 10.6. The zero-order chi connectivity index (χ0) is 9.84. The van der Waals surface area contributed by atoms with E-state index in [4.69, 9.17) is 5.11 Å². The number of rotatable bonds is 3. The minimum atomic E-state index is -0.974. The van der Waals surface area contributed by atoms with Crippen molar-refractivity contribution in [2.45, 2.75) is 11.8 Å². The third-order valence-electron chi connectivity index (χ3n) is 1.51. The molecular weight excluding hydrogens is 188 g/mol. The van der Waals surface area contributed by atoms with Gasteiger partial charge in [0.15, 0.2) is 0 Å². The lowest BCUT2D eigenvalue weighted by atomic mass is 10.2. The second-order valence-corrected chi connectivity index (χ2v) is 3.73. The molecule has 0 aliphatic heterocycles. The average molecular weight is 198 g/mol. The average Bonchev–Trinajstić information content (AvgIpc) is 2.08. The van der Waals surface area contributed by atoms with Crippen molar-refractivity contribution in [1.82, 2.24) is 0 Å². The van der Waals surface area contributed by atoms with E-state index in [2.05, 4.69) is 0 Å².